The fourth-order valence-electron chi connectivity index (χ4n) is 7.66. The van der Waals surface area contributed by atoms with Gasteiger partial charge >= 0.3 is 0 Å². The van der Waals surface area contributed by atoms with Crippen molar-refractivity contribution < 1.29 is 0 Å². The van der Waals surface area contributed by atoms with Crippen LogP contribution in [0.1, 0.15) is 90.3 Å². The van der Waals surface area contributed by atoms with Crippen molar-refractivity contribution >= 4 is 22.5 Å². The quantitative estimate of drug-likeness (QED) is 0.0934. The third kappa shape index (κ3) is 16.5. The Morgan fingerprint density at radius 3 is 2.05 bits per heavy atom. The molecule has 0 saturated heterocycles. The Bertz CT molecular complexity index is 2260. The average molecular weight is 834 g/mol. The molecule has 0 amide bonds. The molecule has 3 nitrogen and oxygen atoms in total. The van der Waals surface area contributed by atoms with Gasteiger partial charge in [-0.05, 0) is 122 Å². The third-order valence-corrected chi connectivity index (χ3v) is 11.1. The smallest absolute Gasteiger partial charge is 0.0587 e. The second kappa shape index (κ2) is 28.3. The molecule has 4 atom stereocenters. The monoisotopic (exact) mass is 834 g/mol. The number of allylic oxidation sites excluding steroid dienone is 22. The van der Waals surface area contributed by atoms with Crippen LogP contribution in [-0.4, -0.2) is 11.8 Å². The van der Waals surface area contributed by atoms with Gasteiger partial charge in [0, 0.05) is 29.8 Å². The van der Waals surface area contributed by atoms with Gasteiger partial charge in [0.25, 0.3) is 0 Å². The van der Waals surface area contributed by atoms with Crippen molar-refractivity contribution in [2.75, 3.05) is 5.32 Å². The lowest BCUT2D eigenvalue weighted by atomic mass is 9.79. The number of hydrogen-bond acceptors (Lipinski definition) is 3. The molecule has 0 spiro atoms. The summed E-state index contributed by atoms with van der Waals surface area (Å²) in [5.74, 6) is 0.885. The molecule has 0 heterocycles. The topological polar surface area (TPSA) is 50.4 Å². The van der Waals surface area contributed by atoms with E-state index in [9.17, 15) is 0 Å². The molecule has 3 heteroatoms. The molecule has 3 N–H and O–H groups in total. The molecule has 0 saturated carbocycles. The summed E-state index contributed by atoms with van der Waals surface area (Å²) in [5.41, 5.74) is 18.7. The Labute approximate surface area is 381 Å². The fraction of sp³-hybridized carbons (Fsp3) is 0.250. The highest BCUT2D eigenvalue weighted by atomic mass is 14.8. The van der Waals surface area contributed by atoms with Crippen LogP contribution in [0.25, 0.3) is 11.1 Å². The summed E-state index contributed by atoms with van der Waals surface area (Å²) in [6.07, 6.45) is 48.1. The largest absolute Gasteiger partial charge is 0.362 e. The van der Waals surface area contributed by atoms with Gasteiger partial charge in [0.1, 0.15) is 0 Å². The van der Waals surface area contributed by atoms with Gasteiger partial charge in [-0.25, -0.2) is 0 Å². The van der Waals surface area contributed by atoms with Crippen LogP contribution in [0.15, 0.2) is 235 Å². The van der Waals surface area contributed by atoms with Crippen LogP contribution in [0.5, 0.6) is 0 Å². The summed E-state index contributed by atoms with van der Waals surface area (Å²) >= 11 is 0. The first-order valence-corrected chi connectivity index (χ1v) is 22.9. The predicted octanol–water partition coefficient (Wildman–Crippen LogP) is 16.1. The highest BCUT2D eigenvalue weighted by Gasteiger charge is 2.27. The molecule has 3 aromatic carbocycles. The first-order chi connectivity index (χ1) is 30.8. The summed E-state index contributed by atoms with van der Waals surface area (Å²) in [7, 11) is 0. The van der Waals surface area contributed by atoms with E-state index in [1.165, 1.54) is 27.8 Å². The molecule has 0 aliphatic heterocycles. The van der Waals surface area contributed by atoms with Crippen LogP contribution in [0.4, 0.5) is 5.69 Å². The lowest BCUT2D eigenvalue weighted by molar-refractivity contribution is 0.437. The first kappa shape index (κ1) is 49.4. The fourth-order valence-corrected chi connectivity index (χ4v) is 7.66. The van der Waals surface area contributed by atoms with Crippen LogP contribution in [0.3, 0.4) is 0 Å². The normalized spacial score (nSPS) is 18.5. The number of anilines is 1. The molecule has 63 heavy (non-hydrogen) atoms. The minimum atomic E-state index is -0.0225. The highest BCUT2D eigenvalue weighted by Crippen LogP contribution is 2.31. The molecule has 3 aromatic rings. The SMILES string of the molecule is C/C=C\C(=C/CC)C/C=C\C(=C/C)N=C(c1ccccc1)C(C)C(N)[C@H]1C=CC(C2C=CC=CC2)=CC1.C=C/C=C(\C=C/Nc1ccc(C(/C=C\C)=C/CC)cc1)c1ccccc1. The van der Waals surface area contributed by atoms with E-state index in [0.717, 1.165) is 60.3 Å². The van der Waals surface area contributed by atoms with Crippen molar-refractivity contribution in [1.82, 2.24) is 0 Å². The molecule has 2 aliphatic rings. The van der Waals surface area contributed by atoms with Gasteiger partial charge < -0.3 is 11.1 Å². The van der Waals surface area contributed by atoms with E-state index in [-0.39, 0.29) is 12.0 Å². The first-order valence-electron chi connectivity index (χ1n) is 22.9. The standard InChI is InChI=1S/C35H44N2.C25H27N/c1-5-15-28(16-6-2)17-14-22-33(7-3)37-35(32-20-12-9-13-21-32)27(4)34(36)31-25-23-30(24-26-31)29-18-10-8-11-19-29;1-4-10-21(11-5-2)24-15-17-25(18-16-24)26-20-19-22(12-6-3)23-13-8-7-9-14-23/h5,7-16,18,20-25,27,29,31,34H,6,17,19,26,36H2,1-4H3;4,6-20,26H,3,5H2,1-2H3/b15-5-,22-14-,28-16+,33-7+,37-35?;10-4-,20-19-,21-11+,22-12+/t27?,29?,31-,34?;/m0./s1. The zero-order chi connectivity index (χ0) is 45.1. The Morgan fingerprint density at radius 2 is 1.46 bits per heavy atom. The van der Waals surface area contributed by atoms with Gasteiger partial charge in [-0.2, -0.15) is 0 Å². The van der Waals surface area contributed by atoms with Crippen LogP contribution >= 0.6 is 0 Å². The van der Waals surface area contributed by atoms with Gasteiger partial charge in [0.2, 0.25) is 0 Å². The molecule has 0 aromatic heterocycles. The van der Waals surface area contributed by atoms with Gasteiger partial charge in [-0.1, -0.05) is 203 Å². The molecular weight excluding hydrogens is 763 g/mol. The second-order valence-corrected chi connectivity index (χ2v) is 15.7. The minimum Gasteiger partial charge on any atom is -0.362 e. The number of rotatable bonds is 19. The zero-order valence-electron chi connectivity index (χ0n) is 38.7. The molecule has 326 valence electrons. The molecule has 0 bridgehead atoms. The Balaban J connectivity index is 0.000000294. The number of nitrogens with two attached hydrogens (primary N) is 1. The van der Waals surface area contributed by atoms with Crippen molar-refractivity contribution in [1.29, 1.82) is 0 Å². The third-order valence-electron chi connectivity index (χ3n) is 11.1. The lowest BCUT2D eigenvalue weighted by Crippen LogP contribution is -2.40. The number of aliphatic imine (C=N–C) groups is 1. The average Bonchev–Trinajstić information content (AvgIpc) is 3.33. The van der Waals surface area contributed by atoms with Crippen molar-refractivity contribution in [2.45, 2.75) is 79.7 Å². The molecule has 5 rings (SSSR count). The van der Waals surface area contributed by atoms with Crippen LogP contribution < -0.4 is 11.1 Å². The maximum Gasteiger partial charge on any atom is 0.0587 e. The number of benzene rings is 3. The predicted molar refractivity (Wildman–Crippen MR) is 279 cm³/mol. The summed E-state index contributed by atoms with van der Waals surface area (Å²) in [6.45, 7) is 16.5. The van der Waals surface area contributed by atoms with Crippen molar-refractivity contribution in [3.63, 3.8) is 0 Å². The number of hydrogen-bond donors (Lipinski definition) is 2. The van der Waals surface area contributed by atoms with Crippen molar-refractivity contribution in [3.8, 4) is 0 Å². The van der Waals surface area contributed by atoms with Gasteiger partial charge in [-0.15, -0.1) is 0 Å². The van der Waals surface area contributed by atoms with Crippen molar-refractivity contribution in [2.24, 2.45) is 28.5 Å². The maximum absolute atomic E-state index is 6.94. The molecule has 3 unspecified atom stereocenters. The Morgan fingerprint density at radius 1 is 0.778 bits per heavy atom. The lowest BCUT2D eigenvalue weighted by Gasteiger charge is -2.30. The van der Waals surface area contributed by atoms with Crippen LogP contribution in [-0.2, 0) is 0 Å². The molecule has 0 radical (unpaired) electrons. The van der Waals surface area contributed by atoms with E-state index in [4.69, 9.17) is 10.7 Å². The van der Waals surface area contributed by atoms with E-state index < -0.39 is 0 Å². The van der Waals surface area contributed by atoms with E-state index >= 15 is 0 Å². The number of nitrogens with one attached hydrogen (secondary N) is 1. The second-order valence-electron chi connectivity index (χ2n) is 15.7. The summed E-state index contributed by atoms with van der Waals surface area (Å²) in [5, 5.41) is 3.34. The number of nitrogens with zero attached hydrogens (tertiary/aromatic N) is 1. The molecular formula is C60H71N3. The van der Waals surface area contributed by atoms with E-state index in [1.807, 2.05) is 43.5 Å². The van der Waals surface area contributed by atoms with Crippen LogP contribution in [0.2, 0.25) is 0 Å². The van der Waals surface area contributed by atoms with Gasteiger partial charge in [0.05, 0.1) is 11.4 Å². The van der Waals surface area contributed by atoms with E-state index in [0.29, 0.717) is 11.8 Å². The minimum absolute atomic E-state index is 0.0225. The summed E-state index contributed by atoms with van der Waals surface area (Å²) < 4.78 is 0. The summed E-state index contributed by atoms with van der Waals surface area (Å²) in [4.78, 5) is 5.18. The van der Waals surface area contributed by atoms with Crippen LogP contribution in [0, 0.1) is 17.8 Å². The summed E-state index contributed by atoms with van der Waals surface area (Å²) in [6, 6.07) is 29.3. The van der Waals surface area contributed by atoms with Gasteiger partial charge in [-0.3, -0.25) is 4.99 Å². The molecule has 2 aliphatic carbocycles. The van der Waals surface area contributed by atoms with E-state index in [1.54, 1.807) is 0 Å². The zero-order valence-corrected chi connectivity index (χ0v) is 38.7. The Kier molecular flexibility index (Phi) is 22.2. The van der Waals surface area contributed by atoms with Crippen molar-refractivity contribution in [3.05, 3.63) is 247 Å². The maximum atomic E-state index is 6.94. The van der Waals surface area contributed by atoms with Gasteiger partial charge in [0.15, 0.2) is 0 Å². The van der Waals surface area contributed by atoms with E-state index in [2.05, 4.69) is 217 Å². The Hall–Kier alpha value is -6.29. The molecule has 0 fully saturated rings. The highest BCUT2D eigenvalue weighted by molar-refractivity contribution is 6.03.